The molecule has 3 rings (SSSR count). The summed E-state index contributed by atoms with van der Waals surface area (Å²) in [6.45, 7) is -1.18. The highest BCUT2D eigenvalue weighted by atomic mass is 31.2. The number of aromatic nitrogens is 2. The van der Waals surface area contributed by atoms with E-state index in [0.29, 0.717) is 0 Å². The van der Waals surface area contributed by atoms with Gasteiger partial charge in [0, 0.05) is 19.5 Å². The predicted molar refractivity (Wildman–Crippen MR) is 123 cm³/mol. The maximum Gasteiger partial charge on any atom is 0.351 e. The van der Waals surface area contributed by atoms with E-state index in [0.717, 1.165) is 17.7 Å². The number of nitrogen functional groups attached to an aromatic ring is 1. The third-order valence-electron chi connectivity index (χ3n) is 6.29. The summed E-state index contributed by atoms with van der Waals surface area (Å²) in [4.78, 5) is 51.8. The van der Waals surface area contributed by atoms with Gasteiger partial charge in [-0.25, -0.2) is 4.79 Å². The molecule has 11 atom stereocenters. The standard InChI is InChI=1S/C20H31N4O16P/c1-7(26)22-12-8(27)4-20(18(32)33,39-16(12)13(29)9(28)5-25)40-41(35,36)37-6-10-14(30)15(31)17(38-10)24-3-2-11(21)23-19(24)34/h2-3,8-10,12-17,25,27-31H,4-6H2,1H3,(H,22,26)(H,32,33)(H,35,36)(H2,21,23,34)/p-2/t8-,9+,10+,12+,13+,14+,15+,16+,17+,20+/m0/s1. The number of ether oxygens (including phenoxy) is 2. The number of anilines is 1. The summed E-state index contributed by atoms with van der Waals surface area (Å²) < 4.78 is 33.1. The number of nitrogens with zero attached hydrogens (tertiary/aromatic N) is 2. The molecule has 232 valence electrons. The maximum absolute atomic E-state index is 12.7. The number of rotatable bonds is 11. The highest BCUT2D eigenvalue weighted by Crippen LogP contribution is 2.48. The average molecular weight is 612 g/mol. The largest absolute Gasteiger partial charge is 0.756 e. The fraction of sp³-hybridized carbons (Fsp3) is 0.700. The Morgan fingerprint density at radius 3 is 2.56 bits per heavy atom. The number of nitrogens with one attached hydrogen (secondary N) is 1. The van der Waals surface area contributed by atoms with Crippen LogP contribution < -0.4 is 26.7 Å². The highest BCUT2D eigenvalue weighted by molar-refractivity contribution is 7.45. The topological polar surface area (TPSA) is 329 Å². The summed E-state index contributed by atoms with van der Waals surface area (Å²) in [5, 5.41) is 74.7. The van der Waals surface area contributed by atoms with Gasteiger partial charge in [0.15, 0.2) is 6.23 Å². The van der Waals surface area contributed by atoms with Crippen molar-refractivity contribution in [2.75, 3.05) is 18.9 Å². The van der Waals surface area contributed by atoms with E-state index in [1.807, 2.05) is 0 Å². The van der Waals surface area contributed by atoms with Crippen LogP contribution in [0.4, 0.5) is 5.82 Å². The number of carbonyl (C=O) groups is 2. The van der Waals surface area contributed by atoms with E-state index in [1.54, 1.807) is 0 Å². The van der Waals surface area contributed by atoms with Crippen molar-refractivity contribution >= 4 is 25.5 Å². The number of carbonyl (C=O) groups excluding carboxylic acids is 2. The van der Waals surface area contributed by atoms with E-state index in [1.165, 1.54) is 6.07 Å². The van der Waals surface area contributed by atoms with Crippen LogP contribution in [-0.2, 0) is 32.7 Å². The molecule has 2 fully saturated rings. The van der Waals surface area contributed by atoms with Crippen LogP contribution in [0.2, 0.25) is 0 Å². The number of carboxylic acids is 1. The zero-order chi connectivity index (χ0) is 30.9. The van der Waals surface area contributed by atoms with Crippen molar-refractivity contribution in [2.24, 2.45) is 0 Å². The molecule has 41 heavy (non-hydrogen) atoms. The molecule has 1 amide bonds. The van der Waals surface area contributed by atoms with Gasteiger partial charge in [-0.2, -0.15) is 4.98 Å². The van der Waals surface area contributed by atoms with E-state index in [-0.39, 0.29) is 5.82 Å². The monoisotopic (exact) mass is 612 g/mol. The minimum atomic E-state index is -5.81. The second-order valence-corrected chi connectivity index (χ2v) is 10.6. The lowest BCUT2D eigenvalue weighted by molar-refractivity contribution is -0.377. The van der Waals surface area contributed by atoms with Crippen LogP contribution in [0, 0.1) is 0 Å². The SMILES string of the molecule is CC(=O)N[C@H]1[C@H]([C@H](O)[C@H](O)CO)O[C@](OP(=O)([O-])OC[C@H]2O[C@@H](n3ccc(N)nc3=O)[C@H](O)[C@@H]2O)(C(=O)[O-])C[C@@H]1O. The van der Waals surface area contributed by atoms with E-state index < -0.39 is 106 Å². The number of aliphatic hydroxyl groups is 6. The summed E-state index contributed by atoms with van der Waals surface area (Å²) in [6.07, 6.45) is -15.1. The first kappa shape index (κ1) is 32.9. The van der Waals surface area contributed by atoms with E-state index in [9.17, 15) is 54.5 Å². The summed E-state index contributed by atoms with van der Waals surface area (Å²) in [5.41, 5.74) is 4.43. The summed E-state index contributed by atoms with van der Waals surface area (Å²) in [6, 6.07) is -0.426. The average Bonchev–Trinajstić information content (AvgIpc) is 3.16. The van der Waals surface area contributed by atoms with Gasteiger partial charge in [-0.3, -0.25) is 18.5 Å². The lowest BCUT2D eigenvalue weighted by Crippen LogP contribution is -2.69. The number of carboxylic acid groups (broad SMARTS) is 1. The van der Waals surface area contributed by atoms with E-state index >= 15 is 0 Å². The fourth-order valence-corrected chi connectivity index (χ4v) is 5.24. The minimum Gasteiger partial charge on any atom is -0.756 e. The first-order chi connectivity index (χ1) is 19.0. The van der Waals surface area contributed by atoms with Crippen LogP contribution in [0.1, 0.15) is 19.6 Å². The molecule has 1 aromatic rings. The van der Waals surface area contributed by atoms with Crippen molar-refractivity contribution in [3.63, 3.8) is 0 Å². The van der Waals surface area contributed by atoms with Crippen LogP contribution in [0.15, 0.2) is 17.1 Å². The van der Waals surface area contributed by atoms with Crippen molar-refractivity contribution < 1.29 is 73.3 Å². The second kappa shape index (κ2) is 12.7. The molecule has 20 nitrogen and oxygen atoms in total. The number of aliphatic hydroxyl groups excluding tert-OH is 6. The molecule has 0 spiro atoms. The lowest BCUT2D eigenvalue weighted by atomic mass is 9.88. The predicted octanol–water partition coefficient (Wildman–Crippen LogP) is -7.24. The molecule has 1 unspecified atom stereocenters. The van der Waals surface area contributed by atoms with Gasteiger partial charge in [0.25, 0.3) is 7.82 Å². The van der Waals surface area contributed by atoms with Crippen molar-refractivity contribution in [1.29, 1.82) is 0 Å². The Morgan fingerprint density at radius 2 is 2.00 bits per heavy atom. The molecule has 0 aromatic carbocycles. The van der Waals surface area contributed by atoms with Crippen molar-refractivity contribution in [3.8, 4) is 0 Å². The minimum absolute atomic E-state index is 0.149. The molecule has 2 aliphatic heterocycles. The van der Waals surface area contributed by atoms with Crippen LogP contribution in [0.3, 0.4) is 0 Å². The number of phosphoric acid groups is 1. The van der Waals surface area contributed by atoms with Crippen molar-refractivity contribution in [1.82, 2.24) is 14.9 Å². The zero-order valence-electron chi connectivity index (χ0n) is 21.2. The van der Waals surface area contributed by atoms with Gasteiger partial charge in [0.05, 0.1) is 25.4 Å². The highest BCUT2D eigenvalue weighted by Gasteiger charge is 2.54. The van der Waals surface area contributed by atoms with Crippen molar-refractivity contribution in [2.45, 2.75) is 74.1 Å². The van der Waals surface area contributed by atoms with Gasteiger partial charge in [-0.05, 0) is 6.07 Å². The van der Waals surface area contributed by atoms with Crippen molar-refractivity contribution in [3.05, 3.63) is 22.7 Å². The van der Waals surface area contributed by atoms with E-state index in [2.05, 4.69) is 19.3 Å². The Labute approximate surface area is 230 Å². The Bertz CT molecular complexity index is 1220. The third kappa shape index (κ3) is 7.25. The number of nitrogens with two attached hydrogens (primary N) is 1. The third-order valence-corrected chi connectivity index (χ3v) is 7.27. The maximum atomic E-state index is 12.7. The smallest absolute Gasteiger partial charge is 0.351 e. The van der Waals surface area contributed by atoms with Gasteiger partial charge in [0.2, 0.25) is 11.7 Å². The van der Waals surface area contributed by atoms with Crippen LogP contribution >= 0.6 is 7.82 Å². The van der Waals surface area contributed by atoms with Gasteiger partial charge in [-0.1, -0.05) is 0 Å². The van der Waals surface area contributed by atoms with Crippen LogP contribution in [-0.4, -0.2) is 120 Å². The molecular formula is C20H29N4O16P-2. The molecule has 21 heteroatoms. The number of hydrogen-bond donors (Lipinski definition) is 8. The quantitative estimate of drug-likeness (QED) is 0.108. The molecule has 2 saturated heterocycles. The molecule has 1 aromatic heterocycles. The van der Waals surface area contributed by atoms with Crippen LogP contribution in [0.5, 0.6) is 0 Å². The van der Waals surface area contributed by atoms with Gasteiger partial charge in [0.1, 0.15) is 48.4 Å². The lowest BCUT2D eigenvalue weighted by Gasteiger charge is -2.50. The Kier molecular flexibility index (Phi) is 10.2. The molecule has 9 N–H and O–H groups in total. The number of aliphatic carboxylic acids is 1. The van der Waals surface area contributed by atoms with Gasteiger partial charge in [-0.15, -0.1) is 0 Å². The molecule has 3 heterocycles. The fourth-order valence-electron chi connectivity index (χ4n) is 4.30. The molecule has 0 bridgehead atoms. The first-order valence-corrected chi connectivity index (χ1v) is 13.3. The Balaban J connectivity index is 1.79. The molecule has 0 saturated carbocycles. The Morgan fingerprint density at radius 1 is 1.34 bits per heavy atom. The normalized spacial score (nSPS) is 34.9. The summed E-state index contributed by atoms with van der Waals surface area (Å²) >= 11 is 0. The number of hydrogen-bond acceptors (Lipinski definition) is 18. The molecule has 0 aliphatic carbocycles. The Hall–Kier alpha value is -2.59. The molecular weight excluding hydrogens is 583 g/mol. The first-order valence-electron chi connectivity index (χ1n) is 11.9. The van der Waals surface area contributed by atoms with Crippen LogP contribution in [0.25, 0.3) is 0 Å². The number of phosphoric ester groups is 1. The van der Waals surface area contributed by atoms with E-state index in [4.69, 9.17) is 20.3 Å². The summed E-state index contributed by atoms with van der Waals surface area (Å²) in [5.74, 6) is -6.70. The second-order valence-electron chi connectivity index (χ2n) is 9.28. The number of amides is 1. The molecule has 2 aliphatic rings. The molecule has 0 radical (unpaired) electrons. The zero-order valence-corrected chi connectivity index (χ0v) is 22.1. The van der Waals surface area contributed by atoms with Gasteiger partial charge < -0.3 is 70.5 Å². The van der Waals surface area contributed by atoms with Gasteiger partial charge >= 0.3 is 5.69 Å². The summed E-state index contributed by atoms with van der Waals surface area (Å²) in [7, 11) is -5.81.